The first kappa shape index (κ1) is 17.2. The number of hydrogen-bond donors (Lipinski definition) is 2. The Labute approximate surface area is 141 Å². The second-order valence-corrected chi connectivity index (χ2v) is 5.51. The fourth-order valence-corrected chi connectivity index (χ4v) is 3.14. The van der Waals surface area contributed by atoms with Crippen LogP contribution in [0.2, 0.25) is 5.02 Å². The van der Waals surface area contributed by atoms with Gasteiger partial charge in [0.15, 0.2) is 0 Å². The van der Waals surface area contributed by atoms with Gasteiger partial charge in [-0.2, -0.15) is 0 Å². The van der Waals surface area contributed by atoms with Crippen molar-refractivity contribution in [2.45, 2.75) is 5.54 Å². The summed E-state index contributed by atoms with van der Waals surface area (Å²) in [4.78, 5) is 0. The van der Waals surface area contributed by atoms with Gasteiger partial charge in [0, 0.05) is 10.6 Å². The minimum absolute atomic E-state index is 0. The molecule has 3 aromatic carbocycles. The molecule has 0 bridgehead atoms. The predicted octanol–water partition coefficient (Wildman–Crippen LogP) is 3.27. The molecule has 0 aliphatic carbocycles. The molecule has 0 fully saturated rings. The van der Waals surface area contributed by atoms with Crippen LogP contribution in [0, 0.1) is 0 Å². The first-order chi connectivity index (χ1) is 10.8. The predicted molar refractivity (Wildman–Crippen MR) is 95.2 cm³/mol. The zero-order valence-electron chi connectivity index (χ0n) is 12.5. The molecule has 5 N–H and O–H groups in total. The number of benzene rings is 3. The third-order valence-corrected chi connectivity index (χ3v) is 4.24. The van der Waals surface area contributed by atoms with Crippen molar-refractivity contribution in [3.8, 4) is 0 Å². The molecule has 0 unspecified atom stereocenters. The van der Waals surface area contributed by atoms with Crippen molar-refractivity contribution in [2.75, 3.05) is 0 Å². The maximum atomic E-state index is 6.49. The van der Waals surface area contributed by atoms with Gasteiger partial charge in [-0.05, 0) is 17.2 Å². The van der Waals surface area contributed by atoms with E-state index >= 15 is 0 Å². The molecule has 0 aliphatic rings. The molecule has 0 radical (unpaired) electrons. The summed E-state index contributed by atoms with van der Waals surface area (Å²) in [5.41, 5.74) is 5.33. The second-order valence-electron chi connectivity index (χ2n) is 5.11. The Balaban J connectivity index is 0.00000192. The Morgan fingerprint density at radius 1 is 0.696 bits per heavy atom. The van der Waals surface area contributed by atoms with Crippen molar-refractivity contribution >= 4 is 11.6 Å². The van der Waals surface area contributed by atoms with E-state index in [1.807, 2.05) is 60.7 Å². The quantitative estimate of drug-likeness (QED) is 0.439. The van der Waals surface area contributed by atoms with Gasteiger partial charge in [0.05, 0.1) is 0 Å². The lowest BCUT2D eigenvalue weighted by Crippen LogP contribution is -2.48. The average Bonchev–Trinajstić information content (AvgIpc) is 2.59. The van der Waals surface area contributed by atoms with Gasteiger partial charge in [-0.3, -0.25) is 5.84 Å². The van der Waals surface area contributed by atoms with Crippen molar-refractivity contribution < 1.29 is 5.48 Å². The van der Waals surface area contributed by atoms with Crippen molar-refractivity contribution in [3.63, 3.8) is 0 Å². The van der Waals surface area contributed by atoms with Gasteiger partial charge in [0.2, 0.25) is 0 Å². The number of halogens is 1. The Hall–Kier alpha value is -2.17. The Bertz CT molecular complexity index is 708. The summed E-state index contributed by atoms with van der Waals surface area (Å²) in [5, 5.41) is 0.674. The van der Waals surface area contributed by atoms with E-state index in [9.17, 15) is 0 Å². The molecule has 4 heteroatoms. The highest BCUT2D eigenvalue weighted by molar-refractivity contribution is 6.31. The van der Waals surface area contributed by atoms with Gasteiger partial charge >= 0.3 is 0 Å². The molecule has 0 spiro atoms. The Morgan fingerprint density at radius 2 is 1.13 bits per heavy atom. The van der Waals surface area contributed by atoms with E-state index in [0.29, 0.717) is 5.02 Å². The van der Waals surface area contributed by atoms with E-state index < -0.39 is 5.54 Å². The highest BCUT2D eigenvalue weighted by Crippen LogP contribution is 2.39. The van der Waals surface area contributed by atoms with Gasteiger partial charge in [0.25, 0.3) is 0 Å². The molecule has 118 valence electrons. The molecule has 0 heterocycles. The lowest BCUT2D eigenvalue weighted by molar-refractivity contribution is 0.489. The van der Waals surface area contributed by atoms with E-state index in [1.165, 1.54) is 0 Å². The Morgan fingerprint density at radius 3 is 1.57 bits per heavy atom. The molecule has 0 atom stereocenters. The zero-order chi connectivity index (χ0) is 15.4. The van der Waals surface area contributed by atoms with E-state index in [1.54, 1.807) is 0 Å². The monoisotopic (exact) mass is 326 g/mol. The molecule has 0 aromatic heterocycles. The second kappa shape index (κ2) is 7.40. The standard InChI is InChI=1S/C19H17ClN2.H2O/c20-18-14-8-7-13-17(18)19(22-21,15-9-3-1-4-10-15)16-11-5-2-6-12-16;/h1-14,22H,21H2;1H2. The summed E-state index contributed by atoms with van der Waals surface area (Å²) in [7, 11) is 0. The number of nitrogens with two attached hydrogens (primary N) is 1. The van der Waals surface area contributed by atoms with Crippen LogP contribution in [-0.2, 0) is 5.54 Å². The maximum absolute atomic E-state index is 6.49. The number of nitrogens with one attached hydrogen (secondary N) is 1. The summed E-state index contributed by atoms with van der Waals surface area (Å²) in [5.74, 6) is 6.06. The maximum Gasteiger partial charge on any atom is 0.108 e. The van der Waals surface area contributed by atoms with Crippen LogP contribution in [0.5, 0.6) is 0 Å². The third kappa shape index (κ3) is 3.00. The number of hydrazine groups is 1. The Kier molecular flexibility index (Phi) is 5.53. The van der Waals surface area contributed by atoms with Crippen LogP contribution in [0.25, 0.3) is 0 Å². The highest BCUT2D eigenvalue weighted by atomic mass is 35.5. The minimum Gasteiger partial charge on any atom is -0.412 e. The minimum atomic E-state index is -0.694. The van der Waals surface area contributed by atoms with Gasteiger partial charge < -0.3 is 5.48 Å². The van der Waals surface area contributed by atoms with Crippen LogP contribution in [0.3, 0.4) is 0 Å². The largest absolute Gasteiger partial charge is 0.412 e. The van der Waals surface area contributed by atoms with Crippen LogP contribution in [0.1, 0.15) is 16.7 Å². The molecule has 0 saturated carbocycles. The first-order valence-electron chi connectivity index (χ1n) is 7.13. The summed E-state index contributed by atoms with van der Waals surface area (Å²) >= 11 is 6.49. The summed E-state index contributed by atoms with van der Waals surface area (Å²) < 4.78 is 0. The summed E-state index contributed by atoms with van der Waals surface area (Å²) in [6, 6.07) is 28.0. The van der Waals surface area contributed by atoms with Gasteiger partial charge in [0.1, 0.15) is 5.54 Å². The lowest BCUT2D eigenvalue weighted by atomic mass is 9.77. The van der Waals surface area contributed by atoms with Gasteiger partial charge in [-0.1, -0.05) is 90.5 Å². The topological polar surface area (TPSA) is 69.5 Å². The average molecular weight is 327 g/mol. The van der Waals surface area contributed by atoms with Gasteiger partial charge in [-0.25, -0.2) is 5.43 Å². The smallest absolute Gasteiger partial charge is 0.108 e. The molecule has 0 aliphatic heterocycles. The van der Waals surface area contributed by atoms with Crippen LogP contribution >= 0.6 is 11.6 Å². The van der Waals surface area contributed by atoms with Crippen LogP contribution in [0.4, 0.5) is 0 Å². The highest BCUT2D eigenvalue weighted by Gasteiger charge is 2.36. The lowest BCUT2D eigenvalue weighted by Gasteiger charge is -2.35. The molecule has 3 rings (SSSR count). The molecular weight excluding hydrogens is 308 g/mol. The van der Waals surface area contributed by atoms with E-state index in [-0.39, 0.29) is 5.48 Å². The fraction of sp³-hybridized carbons (Fsp3) is 0.0526. The molecule has 0 amide bonds. The van der Waals surface area contributed by atoms with Gasteiger partial charge in [-0.15, -0.1) is 0 Å². The molecular formula is C19H19ClN2O. The molecule has 23 heavy (non-hydrogen) atoms. The SMILES string of the molecule is NNC(c1ccccc1)(c1ccccc1)c1ccccc1Cl.O. The van der Waals surface area contributed by atoms with E-state index in [2.05, 4.69) is 29.7 Å². The summed E-state index contributed by atoms with van der Waals surface area (Å²) in [6.45, 7) is 0. The number of hydrogen-bond acceptors (Lipinski definition) is 2. The van der Waals surface area contributed by atoms with Crippen molar-refractivity contribution in [1.29, 1.82) is 0 Å². The molecule has 3 nitrogen and oxygen atoms in total. The molecule has 3 aromatic rings. The van der Waals surface area contributed by atoms with Crippen LogP contribution in [0.15, 0.2) is 84.9 Å². The zero-order valence-corrected chi connectivity index (χ0v) is 13.3. The normalized spacial score (nSPS) is 10.9. The number of rotatable bonds is 4. The van der Waals surface area contributed by atoms with Crippen LogP contribution in [-0.4, -0.2) is 5.48 Å². The van der Waals surface area contributed by atoms with Crippen molar-refractivity contribution in [3.05, 3.63) is 107 Å². The van der Waals surface area contributed by atoms with E-state index in [4.69, 9.17) is 17.4 Å². The van der Waals surface area contributed by atoms with Crippen LogP contribution < -0.4 is 11.3 Å². The molecule has 0 saturated heterocycles. The van der Waals surface area contributed by atoms with Crippen molar-refractivity contribution in [2.24, 2.45) is 5.84 Å². The summed E-state index contributed by atoms with van der Waals surface area (Å²) in [6.07, 6.45) is 0. The van der Waals surface area contributed by atoms with Crippen molar-refractivity contribution in [1.82, 2.24) is 5.43 Å². The fourth-order valence-electron chi connectivity index (χ4n) is 2.86. The first-order valence-corrected chi connectivity index (χ1v) is 7.50. The third-order valence-electron chi connectivity index (χ3n) is 3.91. The van der Waals surface area contributed by atoms with E-state index in [0.717, 1.165) is 16.7 Å².